The minimum Gasteiger partial charge on any atom is -0.321 e. The minimum absolute atomic E-state index is 0.0366. The molecule has 0 fully saturated rings. The molecular formula is C19H12ClN3O2. The highest BCUT2D eigenvalue weighted by atomic mass is 35.5. The standard InChI is InChI=1S/C19H12ClN3O2/c20-14-7-5-12(6-8-14)17-10-9-15(19(25)23-17)18(24)22-16-4-2-1-3-13(16)11-21/h1-10H,(H,22,24)(H,23,25). The molecule has 6 heteroatoms. The van der Waals surface area contributed by atoms with E-state index in [1.165, 1.54) is 6.07 Å². The van der Waals surface area contributed by atoms with E-state index in [0.29, 0.717) is 22.0 Å². The molecule has 25 heavy (non-hydrogen) atoms. The fourth-order valence-corrected chi connectivity index (χ4v) is 2.46. The van der Waals surface area contributed by atoms with Crippen LogP contribution in [0, 0.1) is 11.3 Å². The molecule has 0 bridgehead atoms. The van der Waals surface area contributed by atoms with E-state index >= 15 is 0 Å². The van der Waals surface area contributed by atoms with Gasteiger partial charge in [-0.05, 0) is 42.0 Å². The summed E-state index contributed by atoms with van der Waals surface area (Å²) in [7, 11) is 0. The van der Waals surface area contributed by atoms with Gasteiger partial charge in [0.25, 0.3) is 11.5 Å². The molecule has 122 valence electrons. The minimum atomic E-state index is -0.577. The van der Waals surface area contributed by atoms with Gasteiger partial charge in [-0.1, -0.05) is 35.9 Å². The number of anilines is 1. The van der Waals surface area contributed by atoms with Gasteiger partial charge >= 0.3 is 0 Å². The van der Waals surface area contributed by atoms with Gasteiger partial charge in [0, 0.05) is 10.7 Å². The van der Waals surface area contributed by atoms with Crippen molar-refractivity contribution >= 4 is 23.2 Å². The van der Waals surface area contributed by atoms with Gasteiger partial charge in [-0.25, -0.2) is 0 Å². The Hall–Kier alpha value is -3.36. The second-order valence-electron chi connectivity index (χ2n) is 5.23. The van der Waals surface area contributed by atoms with Gasteiger partial charge < -0.3 is 10.3 Å². The molecule has 2 N–H and O–H groups in total. The van der Waals surface area contributed by atoms with Gasteiger partial charge in [0.2, 0.25) is 0 Å². The number of aromatic nitrogens is 1. The molecule has 2 aromatic carbocycles. The van der Waals surface area contributed by atoms with Crippen molar-refractivity contribution in [2.45, 2.75) is 0 Å². The molecule has 1 aromatic heterocycles. The molecule has 1 amide bonds. The Morgan fingerprint density at radius 3 is 2.44 bits per heavy atom. The van der Waals surface area contributed by atoms with Gasteiger partial charge in [0.1, 0.15) is 11.6 Å². The monoisotopic (exact) mass is 349 g/mol. The molecule has 0 unspecified atom stereocenters. The fourth-order valence-electron chi connectivity index (χ4n) is 2.33. The second kappa shape index (κ2) is 7.04. The van der Waals surface area contributed by atoms with Crippen molar-refractivity contribution in [1.29, 1.82) is 5.26 Å². The van der Waals surface area contributed by atoms with Crippen molar-refractivity contribution in [2.75, 3.05) is 5.32 Å². The number of H-pyrrole nitrogens is 1. The van der Waals surface area contributed by atoms with E-state index < -0.39 is 11.5 Å². The number of pyridine rings is 1. The third-order valence-electron chi connectivity index (χ3n) is 3.61. The van der Waals surface area contributed by atoms with Crippen LogP contribution in [0.5, 0.6) is 0 Å². The summed E-state index contributed by atoms with van der Waals surface area (Å²) >= 11 is 5.85. The first-order valence-corrected chi connectivity index (χ1v) is 7.76. The van der Waals surface area contributed by atoms with Gasteiger partial charge in [0.05, 0.1) is 11.3 Å². The summed E-state index contributed by atoms with van der Waals surface area (Å²) in [6.07, 6.45) is 0. The Labute approximate surface area is 148 Å². The SMILES string of the molecule is N#Cc1ccccc1NC(=O)c1ccc(-c2ccc(Cl)cc2)[nH]c1=O. The number of hydrogen-bond acceptors (Lipinski definition) is 3. The number of carbonyl (C=O) groups excluding carboxylic acids is 1. The summed E-state index contributed by atoms with van der Waals surface area (Å²) in [6, 6.07) is 18.7. The number of nitrogens with one attached hydrogen (secondary N) is 2. The lowest BCUT2D eigenvalue weighted by molar-refractivity contribution is 0.102. The number of nitrogens with zero attached hydrogens (tertiary/aromatic N) is 1. The number of nitriles is 1. The highest BCUT2D eigenvalue weighted by Crippen LogP contribution is 2.19. The highest BCUT2D eigenvalue weighted by molar-refractivity contribution is 6.30. The average Bonchev–Trinajstić information content (AvgIpc) is 2.62. The molecule has 0 aliphatic carbocycles. The maximum atomic E-state index is 12.3. The summed E-state index contributed by atoms with van der Waals surface area (Å²) < 4.78 is 0. The molecule has 0 saturated carbocycles. The first kappa shape index (κ1) is 16.5. The van der Waals surface area contributed by atoms with Crippen LogP contribution in [0.25, 0.3) is 11.3 Å². The van der Waals surface area contributed by atoms with Gasteiger partial charge in [-0.2, -0.15) is 5.26 Å². The van der Waals surface area contributed by atoms with Crippen LogP contribution in [0.4, 0.5) is 5.69 Å². The first-order chi connectivity index (χ1) is 12.1. The van der Waals surface area contributed by atoms with Crippen LogP contribution in [-0.4, -0.2) is 10.9 Å². The van der Waals surface area contributed by atoms with Crippen molar-refractivity contribution in [2.24, 2.45) is 0 Å². The highest BCUT2D eigenvalue weighted by Gasteiger charge is 2.13. The molecule has 1 heterocycles. The second-order valence-corrected chi connectivity index (χ2v) is 5.67. The van der Waals surface area contributed by atoms with E-state index in [-0.39, 0.29) is 5.56 Å². The summed E-state index contributed by atoms with van der Waals surface area (Å²) in [5.74, 6) is -0.577. The van der Waals surface area contributed by atoms with Crippen molar-refractivity contribution in [1.82, 2.24) is 4.98 Å². The number of aromatic amines is 1. The van der Waals surface area contributed by atoms with E-state index in [2.05, 4.69) is 10.3 Å². The third-order valence-corrected chi connectivity index (χ3v) is 3.86. The quantitative estimate of drug-likeness (QED) is 0.753. The molecule has 3 rings (SSSR count). The normalized spacial score (nSPS) is 10.1. The summed E-state index contributed by atoms with van der Waals surface area (Å²) in [6.45, 7) is 0. The number of rotatable bonds is 3. The molecule has 0 saturated heterocycles. The van der Waals surface area contributed by atoms with Crippen LogP contribution in [0.3, 0.4) is 0 Å². The zero-order valence-corrected chi connectivity index (χ0v) is 13.7. The number of para-hydroxylation sites is 1. The number of carbonyl (C=O) groups is 1. The molecule has 0 aliphatic rings. The van der Waals surface area contributed by atoms with Crippen LogP contribution in [0.1, 0.15) is 15.9 Å². The number of amides is 1. The summed E-state index contributed by atoms with van der Waals surface area (Å²) in [5, 5.41) is 12.2. The Bertz CT molecular complexity index is 1030. The van der Waals surface area contributed by atoms with E-state index in [1.54, 1.807) is 54.6 Å². The third kappa shape index (κ3) is 3.60. The van der Waals surface area contributed by atoms with Crippen LogP contribution < -0.4 is 10.9 Å². The van der Waals surface area contributed by atoms with Crippen molar-refractivity contribution in [3.05, 3.63) is 87.2 Å². The Kier molecular flexibility index (Phi) is 4.64. The number of hydrogen-bond donors (Lipinski definition) is 2. The van der Waals surface area contributed by atoms with Crippen LogP contribution >= 0.6 is 11.6 Å². The zero-order chi connectivity index (χ0) is 17.8. The lowest BCUT2D eigenvalue weighted by atomic mass is 10.1. The lowest BCUT2D eigenvalue weighted by Crippen LogP contribution is -2.23. The van der Waals surface area contributed by atoms with E-state index in [4.69, 9.17) is 16.9 Å². The van der Waals surface area contributed by atoms with Crippen molar-refractivity contribution < 1.29 is 4.79 Å². The Balaban J connectivity index is 1.88. The predicted molar refractivity (Wildman–Crippen MR) is 96.6 cm³/mol. The van der Waals surface area contributed by atoms with Crippen molar-refractivity contribution in [3.63, 3.8) is 0 Å². The molecule has 0 atom stereocenters. The fraction of sp³-hybridized carbons (Fsp3) is 0. The topological polar surface area (TPSA) is 85.8 Å². The molecule has 3 aromatic rings. The Morgan fingerprint density at radius 1 is 1.04 bits per heavy atom. The van der Waals surface area contributed by atoms with Gasteiger partial charge in [-0.3, -0.25) is 9.59 Å². The maximum Gasteiger partial charge on any atom is 0.261 e. The summed E-state index contributed by atoms with van der Waals surface area (Å²) in [4.78, 5) is 27.3. The molecular weight excluding hydrogens is 338 g/mol. The van der Waals surface area contributed by atoms with Crippen LogP contribution in [0.15, 0.2) is 65.5 Å². The van der Waals surface area contributed by atoms with Crippen molar-refractivity contribution in [3.8, 4) is 17.3 Å². The van der Waals surface area contributed by atoms with Crippen LogP contribution in [-0.2, 0) is 0 Å². The van der Waals surface area contributed by atoms with Gasteiger partial charge in [-0.15, -0.1) is 0 Å². The predicted octanol–water partition coefficient (Wildman–Crippen LogP) is 3.82. The molecule has 0 aliphatic heterocycles. The van der Waals surface area contributed by atoms with Crippen LogP contribution in [0.2, 0.25) is 5.02 Å². The zero-order valence-electron chi connectivity index (χ0n) is 12.9. The first-order valence-electron chi connectivity index (χ1n) is 7.38. The Morgan fingerprint density at radius 2 is 1.76 bits per heavy atom. The lowest BCUT2D eigenvalue weighted by Gasteiger charge is -2.07. The molecule has 5 nitrogen and oxygen atoms in total. The van der Waals surface area contributed by atoms with Gasteiger partial charge in [0.15, 0.2) is 0 Å². The smallest absolute Gasteiger partial charge is 0.261 e. The number of benzene rings is 2. The average molecular weight is 350 g/mol. The summed E-state index contributed by atoms with van der Waals surface area (Å²) in [5.41, 5.74) is 1.49. The molecule has 0 radical (unpaired) electrons. The van der Waals surface area contributed by atoms with E-state index in [0.717, 1.165) is 5.56 Å². The number of halogens is 1. The molecule has 0 spiro atoms. The maximum absolute atomic E-state index is 12.3. The van der Waals surface area contributed by atoms with E-state index in [1.807, 2.05) is 6.07 Å². The largest absolute Gasteiger partial charge is 0.321 e. The van der Waals surface area contributed by atoms with E-state index in [9.17, 15) is 9.59 Å².